The fraction of sp³-hybridized carbons (Fsp3) is 0.571. The normalized spacial score (nSPS) is 12.1. The summed E-state index contributed by atoms with van der Waals surface area (Å²) in [5.74, 6) is -0.0821. The minimum absolute atomic E-state index is 0.0192. The lowest BCUT2D eigenvalue weighted by molar-refractivity contribution is -0.148. The third kappa shape index (κ3) is 6.05. The molecule has 17 heavy (non-hydrogen) atoms. The lowest BCUT2D eigenvalue weighted by atomic mass is 10.1. The van der Waals surface area contributed by atoms with Crippen LogP contribution in [0.5, 0.6) is 0 Å². The quantitative estimate of drug-likeness (QED) is 0.681. The first-order valence-corrected chi connectivity index (χ1v) is 6.30. The molecule has 0 aromatic carbocycles. The van der Waals surface area contributed by atoms with Crippen LogP contribution < -0.4 is 0 Å². The third-order valence-electron chi connectivity index (χ3n) is 2.59. The molecule has 0 N–H and O–H groups in total. The van der Waals surface area contributed by atoms with Gasteiger partial charge in [-0.2, -0.15) is 0 Å². The van der Waals surface area contributed by atoms with Crippen molar-refractivity contribution in [2.75, 3.05) is 0 Å². The van der Waals surface area contributed by atoms with E-state index in [0.29, 0.717) is 6.42 Å². The predicted octanol–water partition coefficient (Wildman–Crippen LogP) is 3.14. The lowest BCUT2D eigenvalue weighted by Gasteiger charge is -2.12. The Morgan fingerprint density at radius 3 is 3.00 bits per heavy atom. The summed E-state index contributed by atoms with van der Waals surface area (Å²) in [4.78, 5) is 15.3. The Labute approximate surface area is 103 Å². The van der Waals surface area contributed by atoms with Crippen molar-refractivity contribution in [3.8, 4) is 0 Å². The van der Waals surface area contributed by atoms with Crippen LogP contribution in [0.15, 0.2) is 24.5 Å². The molecule has 3 heteroatoms. The van der Waals surface area contributed by atoms with E-state index in [4.69, 9.17) is 4.74 Å². The molecule has 0 fully saturated rings. The molecular weight excluding hydrogens is 214 g/mol. The zero-order chi connectivity index (χ0) is 12.5. The molecule has 1 heterocycles. The molecule has 1 rings (SSSR count). The second kappa shape index (κ2) is 7.82. The van der Waals surface area contributed by atoms with Gasteiger partial charge >= 0.3 is 5.97 Å². The van der Waals surface area contributed by atoms with E-state index in [9.17, 15) is 4.79 Å². The fourth-order valence-corrected chi connectivity index (χ4v) is 1.69. The zero-order valence-corrected chi connectivity index (χ0v) is 10.7. The summed E-state index contributed by atoms with van der Waals surface area (Å²) in [7, 11) is 0. The van der Waals surface area contributed by atoms with Crippen molar-refractivity contribution in [2.45, 2.75) is 52.1 Å². The van der Waals surface area contributed by atoms with Gasteiger partial charge in [-0.05, 0) is 44.2 Å². The molecular formula is C14H21NO2. The van der Waals surface area contributed by atoms with Gasteiger partial charge in [-0.25, -0.2) is 0 Å². The number of carbonyl (C=O) groups excluding carboxylic acids is 1. The standard InChI is InChI=1S/C14H21NO2/c1-3-6-14(16)17-12(2)7-4-8-13-9-5-10-15-11-13/h5,9-12H,3-4,6-8H2,1-2H3/t12-/m0/s1. The Hall–Kier alpha value is -1.38. The molecule has 1 atom stereocenters. The van der Waals surface area contributed by atoms with Gasteiger partial charge in [0.1, 0.15) is 0 Å². The smallest absolute Gasteiger partial charge is 0.306 e. The minimum Gasteiger partial charge on any atom is -0.463 e. The molecule has 1 aromatic heterocycles. The SMILES string of the molecule is CCCC(=O)O[C@@H](C)CCCc1cccnc1. The van der Waals surface area contributed by atoms with Gasteiger partial charge in [0.15, 0.2) is 0 Å². The highest BCUT2D eigenvalue weighted by atomic mass is 16.5. The summed E-state index contributed by atoms with van der Waals surface area (Å²) >= 11 is 0. The van der Waals surface area contributed by atoms with Crippen LogP contribution >= 0.6 is 0 Å². The van der Waals surface area contributed by atoms with Crippen LogP contribution in [0.25, 0.3) is 0 Å². The average molecular weight is 235 g/mol. The highest BCUT2D eigenvalue weighted by Crippen LogP contribution is 2.08. The number of pyridine rings is 1. The van der Waals surface area contributed by atoms with E-state index < -0.39 is 0 Å². The van der Waals surface area contributed by atoms with Gasteiger partial charge in [0.25, 0.3) is 0 Å². The largest absolute Gasteiger partial charge is 0.463 e. The second-order valence-corrected chi connectivity index (χ2v) is 4.30. The molecule has 0 aliphatic heterocycles. The number of ether oxygens (including phenoxy) is 1. The van der Waals surface area contributed by atoms with Crippen LogP contribution in [-0.2, 0) is 16.0 Å². The number of aryl methyl sites for hydroxylation is 1. The molecule has 0 radical (unpaired) electrons. The van der Waals surface area contributed by atoms with Gasteiger partial charge in [0, 0.05) is 18.8 Å². The number of hydrogen-bond acceptors (Lipinski definition) is 3. The van der Waals surface area contributed by atoms with Crippen molar-refractivity contribution in [3.63, 3.8) is 0 Å². The van der Waals surface area contributed by atoms with Crippen molar-refractivity contribution in [1.29, 1.82) is 0 Å². The maximum Gasteiger partial charge on any atom is 0.306 e. The van der Waals surface area contributed by atoms with Crippen LogP contribution in [0.3, 0.4) is 0 Å². The first-order valence-electron chi connectivity index (χ1n) is 6.30. The fourth-order valence-electron chi connectivity index (χ4n) is 1.69. The summed E-state index contributed by atoms with van der Waals surface area (Å²) in [5, 5.41) is 0. The van der Waals surface area contributed by atoms with Crippen molar-refractivity contribution in [3.05, 3.63) is 30.1 Å². The summed E-state index contributed by atoms with van der Waals surface area (Å²) in [6, 6.07) is 4.01. The highest BCUT2D eigenvalue weighted by Gasteiger charge is 2.08. The number of aromatic nitrogens is 1. The first-order chi connectivity index (χ1) is 8.22. The van der Waals surface area contributed by atoms with Gasteiger partial charge in [-0.3, -0.25) is 9.78 Å². The van der Waals surface area contributed by atoms with Crippen LogP contribution in [0.1, 0.15) is 45.1 Å². The molecule has 94 valence electrons. The summed E-state index contributed by atoms with van der Waals surface area (Å²) in [6.45, 7) is 3.94. The van der Waals surface area contributed by atoms with Crippen molar-refractivity contribution in [2.24, 2.45) is 0 Å². The van der Waals surface area contributed by atoms with E-state index in [-0.39, 0.29) is 12.1 Å². The van der Waals surface area contributed by atoms with E-state index >= 15 is 0 Å². The summed E-state index contributed by atoms with van der Waals surface area (Å²) in [6.07, 6.45) is 7.96. The topological polar surface area (TPSA) is 39.2 Å². The second-order valence-electron chi connectivity index (χ2n) is 4.30. The van der Waals surface area contributed by atoms with Crippen LogP contribution in [0.2, 0.25) is 0 Å². The predicted molar refractivity (Wildman–Crippen MR) is 67.6 cm³/mol. The molecule has 0 bridgehead atoms. The number of hydrogen-bond donors (Lipinski definition) is 0. The average Bonchev–Trinajstić information content (AvgIpc) is 2.30. The Balaban J connectivity index is 2.16. The van der Waals surface area contributed by atoms with E-state index in [0.717, 1.165) is 25.7 Å². The van der Waals surface area contributed by atoms with Crippen molar-refractivity contribution < 1.29 is 9.53 Å². The molecule has 0 aliphatic carbocycles. The van der Waals surface area contributed by atoms with Crippen molar-refractivity contribution in [1.82, 2.24) is 4.98 Å². The Morgan fingerprint density at radius 2 is 2.35 bits per heavy atom. The molecule has 0 unspecified atom stereocenters. The minimum atomic E-state index is -0.0821. The maximum absolute atomic E-state index is 11.3. The van der Waals surface area contributed by atoms with E-state index in [1.807, 2.05) is 26.1 Å². The van der Waals surface area contributed by atoms with Crippen LogP contribution in [0.4, 0.5) is 0 Å². The Kier molecular flexibility index (Phi) is 6.30. The van der Waals surface area contributed by atoms with Gasteiger partial charge < -0.3 is 4.74 Å². The lowest BCUT2D eigenvalue weighted by Crippen LogP contribution is -2.14. The number of rotatable bonds is 7. The summed E-state index contributed by atoms with van der Waals surface area (Å²) < 4.78 is 5.27. The van der Waals surface area contributed by atoms with Gasteiger partial charge in [0.05, 0.1) is 6.10 Å². The number of carbonyl (C=O) groups is 1. The Bertz CT molecular complexity index is 324. The molecule has 0 spiro atoms. The molecule has 0 aliphatic rings. The van der Waals surface area contributed by atoms with E-state index in [1.54, 1.807) is 6.20 Å². The monoisotopic (exact) mass is 235 g/mol. The number of nitrogens with zero attached hydrogens (tertiary/aromatic N) is 1. The van der Waals surface area contributed by atoms with Gasteiger partial charge in [0.2, 0.25) is 0 Å². The molecule has 1 aromatic rings. The van der Waals surface area contributed by atoms with E-state index in [2.05, 4.69) is 11.1 Å². The Morgan fingerprint density at radius 1 is 1.53 bits per heavy atom. The summed E-state index contributed by atoms with van der Waals surface area (Å²) in [5.41, 5.74) is 1.24. The maximum atomic E-state index is 11.3. The molecule has 0 saturated heterocycles. The number of esters is 1. The molecule has 3 nitrogen and oxygen atoms in total. The third-order valence-corrected chi connectivity index (χ3v) is 2.59. The van der Waals surface area contributed by atoms with Gasteiger partial charge in [-0.15, -0.1) is 0 Å². The van der Waals surface area contributed by atoms with Crippen LogP contribution in [-0.4, -0.2) is 17.1 Å². The molecule has 0 saturated carbocycles. The highest BCUT2D eigenvalue weighted by molar-refractivity contribution is 5.69. The van der Waals surface area contributed by atoms with Crippen molar-refractivity contribution >= 4 is 5.97 Å². The van der Waals surface area contributed by atoms with Crippen LogP contribution in [0, 0.1) is 0 Å². The zero-order valence-electron chi connectivity index (χ0n) is 10.7. The van der Waals surface area contributed by atoms with Gasteiger partial charge in [-0.1, -0.05) is 13.0 Å². The van der Waals surface area contributed by atoms with E-state index in [1.165, 1.54) is 5.56 Å². The first kappa shape index (κ1) is 13.7. The molecule has 0 amide bonds.